The molecule has 1 N–H and O–H groups in total. The Bertz CT molecular complexity index is 1210. The van der Waals surface area contributed by atoms with Crippen LogP contribution in [-0.2, 0) is 11.3 Å². The summed E-state index contributed by atoms with van der Waals surface area (Å²) in [6, 6.07) is 16.0. The summed E-state index contributed by atoms with van der Waals surface area (Å²) in [5.74, 6) is 0.945. The van der Waals surface area contributed by atoms with E-state index in [1.54, 1.807) is 0 Å². The smallest absolute Gasteiger partial charge is 0.230 e. The third-order valence-corrected chi connectivity index (χ3v) is 5.65. The molecule has 2 heterocycles. The van der Waals surface area contributed by atoms with Crippen LogP contribution in [0.5, 0.6) is 5.75 Å². The largest absolute Gasteiger partial charge is 0.492 e. The standard InChI is InChI=1S/C23H25N5O2S/c1-3-12-28-19-10-5-4-9-18(19)21-22(28)25-23(27-26-21)31-15-20(29)24-11-13-30-17-8-6-7-16(2)14-17/h4-10,14H,3,11-13,15H2,1-2H3,(H,24,29). The van der Waals surface area contributed by atoms with Crippen molar-refractivity contribution in [3.8, 4) is 5.75 Å². The fourth-order valence-corrected chi connectivity index (χ4v) is 4.06. The molecule has 4 rings (SSSR count). The van der Waals surface area contributed by atoms with Crippen molar-refractivity contribution >= 4 is 39.7 Å². The number of carbonyl (C=O) groups is 1. The first-order valence-corrected chi connectivity index (χ1v) is 11.3. The average molecular weight is 436 g/mol. The zero-order valence-corrected chi connectivity index (χ0v) is 18.5. The number of amides is 1. The Balaban J connectivity index is 1.34. The average Bonchev–Trinajstić information content (AvgIpc) is 3.09. The quantitative estimate of drug-likeness (QED) is 0.316. The summed E-state index contributed by atoms with van der Waals surface area (Å²) in [4.78, 5) is 16.9. The first-order valence-electron chi connectivity index (χ1n) is 10.4. The molecule has 31 heavy (non-hydrogen) atoms. The van der Waals surface area contributed by atoms with E-state index in [9.17, 15) is 4.79 Å². The van der Waals surface area contributed by atoms with Crippen LogP contribution >= 0.6 is 11.8 Å². The Morgan fingerprint density at radius 3 is 2.87 bits per heavy atom. The third-order valence-electron chi connectivity index (χ3n) is 4.82. The zero-order chi connectivity index (χ0) is 21.6. The van der Waals surface area contributed by atoms with Crippen molar-refractivity contribution in [3.05, 3.63) is 54.1 Å². The lowest BCUT2D eigenvalue weighted by Gasteiger charge is -2.08. The van der Waals surface area contributed by atoms with Crippen molar-refractivity contribution in [2.75, 3.05) is 18.9 Å². The fraction of sp³-hybridized carbons (Fsp3) is 0.304. The lowest BCUT2D eigenvalue weighted by atomic mass is 10.2. The predicted octanol–water partition coefficient (Wildman–Crippen LogP) is 3.99. The van der Waals surface area contributed by atoms with E-state index < -0.39 is 0 Å². The van der Waals surface area contributed by atoms with Crippen LogP contribution in [0.25, 0.3) is 22.1 Å². The third kappa shape index (κ3) is 4.96. The second-order valence-electron chi connectivity index (χ2n) is 7.24. The number of ether oxygens (including phenoxy) is 1. The molecule has 1 amide bonds. The Labute approximate surface area is 185 Å². The molecule has 160 valence electrons. The van der Waals surface area contributed by atoms with Crippen LogP contribution in [0.3, 0.4) is 0 Å². The van der Waals surface area contributed by atoms with Gasteiger partial charge in [-0.3, -0.25) is 4.79 Å². The number of para-hydroxylation sites is 1. The second-order valence-corrected chi connectivity index (χ2v) is 8.18. The molecule has 0 bridgehead atoms. The number of hydrogen-bond donors (Lipinski definition) is 1. The van der Waals surface area contributed by atoms with Crippen LogP contribution in [0.15, 0.2) is 53.7 Å². The van der Waals surface area contributed by atoms with Gasteiger partial charge in [-0.2, -0.15) is 0 Å². The molecule has 0 aliphatic rings. The van der Waals surface area contributed by atoms with Gasteiger partial charge in [0.25, 0.3) is 0 Å². The number of nitrogens with zero attached hydrogens (tertiary/aromatic N) is 4. The maximum absolute atomic E-state index is 12.2. The normalized spacial score (nSPS) is 11.2. The molecule has 0 unspecified atom stereocenters. The van der Waals surface area contributed by atoms with Gasteiger partial charge in [0, 0.05) is 11.9 Å². The molecule has 8 heteroatoms. The van der Waals surface area contributed by atoms with Crippen molar-refractivity contribution < 1.29 is 9.53 Å². The number of aromatic nitrogens is 4. The molecule has 0 radical (unpaired) electrons. The molecule has 0 atom stereocenters. The molecule has 7 nitrogen and oxygen atoms in total. The molecule has 2 aromatic heterocycles. The van der Waals surface area contributed by atoms with E-state index in [0.717, 1.165) is 46.3 Å². The number of rotatable bonds is 9. The summed E-state index contributed by atoms with van der Waals surface area (Å²) in [6.07, 6.45) is 0.993. The Hall–Kier alpha value is -3.13. The van der Waals surface area contributed by atoms with E-state index in [1.807, 2.05) is 49.4 Å². The van der Waals surface area contributed by atoms with Gasteiger partial charge in [-0.15, -0.1) is 10.2 Å². The Morgan fingerprint density at radius 2 is 2.03 bits per heavy atom. The van der Waals surface area contributed by atoms with Crippen LogP contribution in [0.4, 0.5) is 0 Å². The number of hydrogen-bond acceptors (Lipinski definition) is 6. The van der Waals surface area contributed by atoms with Crippen molar-refractivity contribution in [2.24, 2.45) is 0 Å². The van der Waals surface area contributed by atoms with Gasteiger partial charge in [-0.25, -0.2) is 4.98 Å². The fourth-order valence-electron chi connectivity index (χ4n) is 3.45. The number of fused-ring (bicyclic) bond motifs is 3. The molecular formula is C23H25N5O2S. The summed E-state index contributed by atoms with van der Waals surface area (Å²) in [5.41, 5.74) is 3.86. The highest BCUT2D eigenvalue weighted by Gasteiger charge is 2.15. The van der Waals surface area contributed by atoms with Gasteiger partial charge in [0.05, 0.1) is 17.8 Å². The van der Waals surface area contributed by atoms with Crippen LogP contribution in [-0.4, -0.2) is 44.6 Å². The van der Waals surface area contributed by atoms with Gasteiger partial charge in [0.1, 0.15) is 17.9 Å². The van der Waals surface area contributed by atoms with Crippen molar-refractivity contribution in [2.45, 2.75) is 32.0 Å². The van der Waals surface area contributed by atoms with Crippen molar-refractivity contribution in [1.82, 2.24) is 25.1 Å². The molecule has 0 saturated heterocycles. The van der Waals surface area contributed by atoms with Gasteiger partial charge in [0.2, 0.25) is 11.1 Å². The van der Waals surface area contributed by atoms with Crippen LogP contribution in [0.1, 0.15) is 18.9 Å². The number of carbonyl (C=O) groups excluding carboxylic acids is 1. The van der Waals surface area contributed by atoms with Crippen LogP contribution in [0, 0.1) is 6.92 Å². The van der Waals surface area contributed by atoms with Gasteiger partial charge >= 0.3 is 0 Å². The highest BCUT2D eigenvalue weighted by Crippen LogP contribution is 2.27. The maximum Gasteiger partial charge on any atom is 0.230 e. The summed E-state index contributed by atoms with van der Waals surface area (Å²) >= 11 is 1.29. The topological polar surface area (TPSA) is 81.9 Å². The van der Waals surface area contributed by atoms with E-state index in [1.165, 1.54) is 11.8 Å². The second kappa shape index (κ2) is 9.78. The molecule has 0 spiro atoms. The van der Waals surface area contributed by atoms with E-state index in [-0.39, 0.29) is 11.7 Å². The van der Waals surface area contributed by atoms with Gasteiger partial charge in [-0.1, -0.05) is 49.0 Å². The van der Waals surface area contributed by atoms with Gasteiger partial charge in [-0.05, 0) is 37.1 Å². The maximum atomic E-state index is 12.2. The van der Waals surface area contributed by atoms with E-state index >= 15 is 0 Å². The van der Waals surface area contributed by atoms with Crippen molar-refractivity contribution in [3.63, 3.8) is 0 Å². The first kappa shape index (κ1) is 21.1. The van der Waals surface area contributed by atoms with E-state index in [4.69, 9.17) is 9.72 Å². The molecule has 0 saturated carbocycles. The predicted molar refractivity (Wildman–Crippen MR) is 124 cm³/mol. The Morgan fingerprint density at radius 1 is 1.16 bits per heavy atom. The number of aryl methyl sites for hydroxylation is 2. The molecular weight excluding hydrogens is 410 g/mol. The number of nitrogens with one attached hydrogen (secondary N) is 1. The van der Waals surface area contributed by atoms with Crippen molar-refractivity contribution in [1.29, 1.82) is 0 Å². The molecule has 0 fully saturated rings. The lowest BCUT2D eigenvalue weighted by molar-refractivity contribution is -0.118. The number of benzene rings is 2. The zero-order valence-electron chi connectivity index (χ0n) is 17.7. The molecule has 0 aliphatic carbocycles. The van der Waals surface area contributed by atoms with E-state index in [0.29, 0.717) is 18.3 Å². The molecule has 4 aromatic rings. The Kier molecular flexibility index (Phi) is 6.66. The molecule has 2 aromatic carbocycles. The monoisotopic (exact) mass is 435 g/mol. The summed E-state index contributed by atoms with van der Waals surface area (Å²) in [6.45, 7) is 5.87. The minimum atomic E-state index is -0.0874. The minimum Gasteiger partial charge on any atom is -0.492 e. The van der Waals surface area contributed by atoms with Gasteiger partial charge < -0.3 is 14.6 Å². The highest BCUT2D eigenvalue weighted by atomic mass is 32.2. The van der Waals surface area contributed by atoms with E-state index in [2.05, 4.69) is 33.1 Å². The van der Waals surface area contributed by atoms with Gasteiger partial charge in [0.15, 0.2) is 5.65 Å². The summed E-state index contributed by atoms with van der Waals surface area (Å²) in [7, 11) is 0. The SMILES string of the molecule is CCCn1c2ccccc2c2nnc(SCC(=O)NCCOc3cccc(C)c3)nc21. The minimum absolute atomic E-state index is 0.0874. The lowest BCUT2D eigenvalue weighted by Crippen LogP contribution is -2.29. The molecule has 0 aliphatic heterocycles. The van der Waals surface area contributed by atoms with Crippen LogP contribution in [0.2, 0.25) is 0 Å². The summed E-state index contributed by atoms with van der Waals surface area (Å²) < 4.78 is 7.83. The summed E-state index contributed by atoms with van der Waals surface area (Å²) in [5, 5.41) is 13.0. The highest BCUT2D eigenvalue weighted by molar-refractivity contribution is 7.99. The van der Waals surface area contributed by atoms with Crippen LogP contribution < -0.4 is 10.1 Å². The first-order chi connectivity index (χ1) is 15.2. The number of thioether (sulfide) groups is 1.